The van der Waals surface area contributed by atoms with E-state index in [1.807, 2.05) is 42.5 Å². The summed E-state index contributed by atoms with van der Waals surface area (Å²) in [6.07, 6.45) is 0.172. The Hall–Kier alpha value is -3.45. The van der Waals surface area contributed by atoms with Crippen LogP contribution in [0.5, 0.6) is 5.75 Å². The number of hydrogen-bond acceptors (Lipinski definition) is 5. The van der Waals surface area contributed by atoms with Crippen molar-refractivity contribution in [2.75, 3.05) is 18.6 Å². The van der Waals surface area contributed by atoms with Crippen molar-refractivity contribution in [1.29, 1.82) is 0 Å². The van der Waals surface area contributed by atoms with Gasteiger partial charge in [0.2, 0.25) is 17.6 Å². The first-order valence-corrected chi connectivity index (χ1v) is 10.8. The molecule has 1 atom stereocenters. The minimum atomic E-state index is -0.413. The summed E-state index contributed by atoms with van der Waals surface area (Å²) in [5.74, 6) is -0.0253. The molecule has 1 aliphatic heterocycles. The third kappa shape index (κ3) is 4.67. The molecule has 1 saturated heterocycles. The van der Waals surface area contributed by atoms with Crippen LogP contribution in [-0.2, 0) is 16.1 Å². The molecule has 1 unspecified atom stereocenters. The van der Waals surface area contributed by atoms with Crippen molar-refractivity contribution in [2.24, 2.45) is 5.92 Å². The van der Waals surface area contributed by atoms with Crippen LogP contribution in [0.15, 0.2) is 66.7 Å². The smallest absolute Gasteiger partial charge is 0.227 e. The van der Waals surface area contributed by atoms with Gasteiger partial charge in [0, 0.05) is 35.2 Å². The normalized spacial score (nSPS) is 15.7. The van der Waals surface area contributed by atoms with Crippen LogP contribution in [0.2, 0.25) is 0 Å². The van der Waals surface area contributed by atoms with E-state index in [-0.39, 0.29) is 24.0 Å². The lowest BCUT2D eigenvalue weighted by Crippen LogP contribution is -2.32. The first kappa shape index (κ1) is 20.8. The lowest BCUT2D eigenvalue weighted by molar-refractivity contribution is -0.126. The number of anilines is 1. The molecular formula is C24H22N2O4S. The lowest BCUT2D eigenvalue weighted by Gasteiger charge is -2.17. The molecular weight excluding hydrogens is 412 g/mol. The molecule has 31 heavy (non-hydrogen) atoms. The molecule has 7 heteroatoms. The summed E-state index contributed by atoms with van der Waals surface area (Å²) in [4.78, 5) is 40.8. The second-order valence-electron chi connectivity index (χ2n) is 7.29. The van der Waals surface area contributed by atoms with Gasteiger partial charge in [0.15, 0.2) is 0 Å². The molecule has 4 rings (SSSR count). The maximum Gasteiger partial charge on any atom is 0.227 e. The van der Waals surface area contributed by atoms with Gasteiger partial charge in [0.1, 0.15) is 5.75 Å². The maximum atomic E-state index is 12.6. The Morgan fingerprint density at radius 2 is 1.90 bits per heavy atom. The van der Waals surface area contributed by atoms with Crippen LogP contribution >= 0.6 is 11.3 Å². The summed E-state index contributed by atoms with van der Waals surface area (Å²) in [5.41, 5.74) is 1.36. The van der Waals surface area contributed by atoms with Crippen LogP contribution in [0.25, 0.3) is 0 Å². The summed E-state index contributed by atoms with van der Waals surface area (Å²) in [5, 5.41) is 2.90. The van der Waals surface area contributed by atoms with Crippen molar-refractivity contribution < 1.29 is 19.1 Å². The molecule has 1 fully saturated rings. The summed E-state index contributed by atoms with van der Waals surface area (Å²) in [7, 11) is 1.57. The predicted octanol–water partition coefficient (Wildman–Crippen LogP) is 3.66. The molecule has 2 heterocycles. The molecule has 158 valence electrons. The largest absolute Gasteiger partial charge is 0.497 e. The van der Waals surface area contributed by atoms with Crippen molar-refractivity contribution in [2.45, 2.75) is 13.0 Å². The van der Waals surface area contributed by atoms with Gasteiger partial charge in [-0.15, -0.1) is 11.3 Å². The fraction of sp³-hybridized carbons (Fsp3) is 0.208. The molecule has 6 nitrogen and oxygen atoms in total. The van der Waals surface area contributed by atoms with E-state index >= 15 is 0 Å². The van der Waals surface area contributed by atoms with E-state index in [4.69, 9.17) is 4.74 Å². The van der Waals surface area contributed by atoms with Crippen LogP contribution in [0.1, 0.15) is 26.5 Å². The highest BCUT2D eigenvalue weighted by molar-refractivity contribution is 7.14. The van der Waals surface area contributed by atoms with Crippen molar-refractivity contribution in [3.8, 4) is 5.75 Å². The molecule has 0 spiro atoms. The van der Waals surface area contributed by atoms with E-state index in [1.54, 1.807) is 36.3 Å². The van der Waals surface area contributed by atoms with Crippen molar-refractivity contribution in [3.63, 3.8) is 0 Å². The highest BCUT2D eigenvalue weighted by atomic mass is 32.1. The Bertz CT molecular complexity index is 1110. The zero-order valence-corrected chi connectivity index (χ0v) is 17.9. The Morgan fingerprint density at radius 1 is 1.10 bits per heavy atom. The first-order valence-electron chi connectivity index (χ1n) is 9.96. The lowest BCUT2D eigenvalue weighted by atomic mass is 10.1. The van der Waals surface area contributed by atoms with Gasteiger partial charge < -0.3 is 15.0 Å². The van der Waals surface area contributed by atoms with Crippen LogP contribution in [-0.4, -0.2) is 31.3 Å². The fourth-order valence-electron chi connectivity index (χ4n) is 3.56. The zero-order chi connectivity index (χ0) is 21.8. The molecule has 3 aromatic rings. The van der Waals surface area contributed by atoms with E-state index in [0.29, 0.717) is 29.3 Å². The zero-order valence-electron chi connectivity index (χ0n) is 17.0. The molecule has 1 N–H and O–H groups in total. The van der Waals surface area contributed by atoms with Crippen LogP contribution in [0, 0.1) is 5.92 Å². The third-order valence-corrected chi connectivity index (χ3v) is 6.30. The van der Waals surface area contributed by atoms with E-state index in [1.165, 1.54) is 11.3 Å². The predicted molar refractivity (Wildman–Crippen MR) is 119 cm³/mol. The molecule has 0 aliphatic carbocycles. The van der Waals surface area contributed by atoms with Gasteiger partial charge in [0.25, 0.3) is 0 Å². The molecule has 1 aliphatic rings. The van der Waals surface area contributed by atoms with E-state index in [0.717, 1.165) is 10.6 Å². The average Bonchev–Trinajstić information content (AvgIpc) is 3.44. The summed E-state index contributed by atoms with van der Waals surface area (Å²) < 4.78 is 5.22. The van der Waals surface area contributed by atoms with E-state index in [2.05, 4.69) is 5.32 Å². The van der Waals surface area contributed by atoms with Gasteiger partial charge in [0.05, 0.1) is 24.4 Å². The Balaban J connectivity index is 1.35. The molecule has 0 bridgehead atoms. The number of thiophene rings is 1. The van der Waals surface area contributed by atoms with Gasteiger partial charge in [-0.2, -0.15) is 0 Å². The third-order valence-electron chi connectivity index (χ3n) is 5.22. The van der Waals surface area contributed by atoms with Crippen LogP contribution < -0.4 is 15.0 Å². The number of carbonyl (C=O) groups is 3. The van der Waals surface area contributed by atoms with Gasteiger partial charge in [-0.3, -0.25) is 14.4 Å². The number of benzene rings is 2. The van der Waals surface area contributed by atoms with Gasteiger partial charge in [-0.05, 0) is 24.3 Å². The Labute approximate surface area is 184 Å². The number of amides is 2. The van der Waals surface area contributed by atoms with Crippen molar-refractivity contribution in [3.05, 3.63) is 82.0 Å². The number of nitrogens with zero attached hydrogens (tertiary/aromatic N) is 1. The van der Waals surface area contributed by atoms with Gasteiger partial charge >= 0.3 is 0 Å². The molecule has 2 amide bonds. The molecule has 0 saturated carbocycles. The fourth-order valence-corrected chi connectivity index (χ4v) is 4.47. The quantitative estimate of drug-likeness (QED) is 0.576. The number of carbonyl (C=O) groups excluding carboxylic acids is 3. The molecule has 0 radical (unpaired) electrons. The standard InChI is InChI=1S/C24H22N2O4S/c1-30-19-9-5-8-18(13-19)26-15-17(12-22(26)27)24(29)25-14-20-10-11-21(31-20)23(28)16-6-3-2-4-7-16/h2-11,13,17H,12,14-15H2,1H3,(H,25,29). The summed E-state index contributed by atoms with van der Waals surface area (Å²) in [6.45, 7) is 0.662. The highest BCUT2D eigenvalue weighted by Crippen LogP contribution is 2.28. The Kier molecular flexibility index (Phi) is 6.13. The second-order valence-corrected chi connectivity index (χ2v) is 8.45. The molecule has 1 aromatic heterocycles. The number of hydrogen-bond donors (Lipinski definition) is 1. The van der Waals surface area contributed by atoms with Gasteiger partial charge in [-0.25, -0.2) is 0 Å². The summed E-state index contributed by atoms with van der Waals surface area (Å²) >= 11 is 1.37. The van der Waals surface area contributed by atoms with Crippen LogP contribution in [0.3, 0.4) is 0 Å². The first-order chi connectivity index (χ1) is 15.0. The maximum absolute atomic E-state index is 12.6. The molecule has 2 aromatic carbocycles. The topological polar surface area (TPSA) is 75.7 Å². The highest BCUT2D eigenvalue weighted by Gasteiger charge is 2.35. The minimum Gasteiger partial charge on any atom is -0.497 e. The number of nitrogens with one attached hydrogen (secondary N) is 1. The monoisotopic (exact) mass is 434 g/mol. The second kappa shape index (κ2) is 9.14. The number of methoxy groups -OCH3 is 1. The number of ketones is 1. The van der Waals surface area contributed by atoms with E-state index < -0.39 is 5.92 Å². The SMILES string of the molecule is COc1cccc(N2CC(C(=O)NCc3ccc(C(=O)c4ccccc4)s3)CC2=O)c1. The minimum absolute atomic E-state index is 0.0292. The average molecular weight is 435 g/mol. The van der Waals surface area contributed by atoms with Crippen molar-refractivity contribution >= 4 is 34.6 Å². The van der Waals surface area contributed by atoms with Crippen LogP contribution in [0.4, 0.5) is 5.69 Å². The number of ether oxygens (including phenoxy) is 1. The number of rotatable bonds is 7. The van der Waals surface area contributed by atoms with Gasteiger partial charge in [-0.1, -0.05) is 36.4 Å². The van der Waals surface area contributed by atoms with Crippen molar-refractivity contribution in [1.82, 2.24) is 5.32 Å². The van der Waals surface area contributed by atoms with E-state index in [9.17, 15) is 14.4 Å². The Morgan fingerprint density at radius 3 is 2.68 bits per heavy atom. The summed E-state index contributed by atoms with van der Waals surface area (Å²) in [6, 6.07) is 20.0.